The van der Waals surface area contributed by atoms with Crippen LogP contribution in [0.15, 0.2) is 82.6 Å². The summed E-state index contributed by atoms with van der Waals surface area (Å²) in [4.78, 5) is 56.3. The largest absolute Gasteiger partial charge is 0.497 e. The van der Waals surface area contributed by atoms with E-state index in [9.17, 15) is 19.2 Å². The van der Waals surface area contributed by atoms with E-state index in [2.05, 4.69) is 26.1 Å². The number of thiazole rings is 1. The molecule has 3 heterocycles. The van der Waals surface area contributed by atoms with Gasteiger partial charge in [-0.25, -0.2) is 4.90 Å². The molecule has 1 N–H and O–H groups in total. The highest BCUT2D eigenvalue weighted by atomic mass is 32.2. The molecule has 1 aromatic heterocycles. The van der Waals surface area contributed by atoms with Crippen LogP contribution in [-0.2, 0) is 26.3 Å². The lowest BCUT2D eigenvalue weighted by atomic mass is 9.81. The predicted molar refractivity (Wildman–Crippen MR) is 174 cm³/mol. The molecule has 6 rings (SSSR count). The fourth-order valence-corrected chi connectivity index (χ4v) is 8.54. The van der Waals surface area contributed by atoms with Crippen molar-refractivity contribution in [2.24, 2.45) is 5.92 Å². The number of aromatic nitrogens is 1. The average Bonchev–Trinajstić information content (AvgIpc) is 3.43. The van der Waals surface area contributed by atoms with Crippen molar-refractivity contribution in [3.8, 4) is 5.75 Å². The van der Waals surface area contributed by atoms with Gasteiger partial charge in [0.25, 0.3) is 0 Å². The molecular formula is C34H33N3O5S2. The molecule has 2 aliphatic heterocycles. The third-order valence-corrected chi connectivity index (χ3v) is 10.8. The molecule has 3 aromatic carbocycles. The van der Waals surface area contributed by atoms with E-state index in [-0.39, 0.29) is 34.6 Å². The summed E-state index contributed by atoms with van der Waals surface area (Å²) in [5, 5.41) is 2.65. The fraction of sp³-hybridized carbons (Fsp3) is 0.294. The molecule has 1 fully saturated rings. The lowest BCUT2D eigenvalue weighted by Crippen LogP contribution is -2.33. The summed E-state index contributed by atoms with van der Waals surface area (Å²) in [5.41, 5.74) is 4.05. The van der Waals surface area contributed by atoms with E-state index in [1.165, 1.54) is 21.2 Å². The van der Waals surface area contributed by atoms with E-state index >= 15 is 0 Å². The molecule has 226 valence electrons. The molecule has 4 aromatic rings. The zero-order valence-corrected chi connectivity index (χ0v) is 26.8. The highest BCUT2D eigenvalue weighted by molar-refractivity contribution is 8.00. The Balaban J connectivity index is 1.40. The molecule has 8 nitrogen and oxygen atoms in total. The quantitative estimate of drug-likeness (QED) is 0.265. The number of aryl methyl sites for hydroxylation is 1. The van der Waals surface area contributed by atoms with Gasteiger partial charge in [0.05, 0.1) is 23.7 Å². The van der Waals surface area contributed by atoms with Crippen molar-refractivity contribution in [2.45, 2.75) is 55.8 Å². The average molecular weight is 628 g/mol. The molecule has 1 saturated heterocycles. The molecular weight excluding hydrogens is 595 g/mol. The van der Waals surface area contributed by atoms with Crippen molar-refractivity contribution in [2.75, 3.05) is 17.3 Å². The van der Waals surface area contributed by atoms with Gasteiger partial charge in [0.1, 0.15) is 17.5 Å². The summed E-state index contributed by atoms with van der Waals surface area (Å²) in [6, 6.07) is 22.4. The SMILES string of the molecule is COc1ccc(NC(=O)Cn2c3c(sc2=O)[C@@H](c2ccc(C(C)(C)C)cc2)C2C(=O)N(c4ccc(C)cc4)C(=O)C2S3)cc1. The number of ether oxygens (including phenoxy) is 1. The van der Waals surface area contributed by atoms with Gasteiger partial charge in [0, 0.05) is 16.5 Å². The maximum absolute atomic E-state index is 14.1. The highest BCUT2D eigenvalue weighted by Gasteiger charge is 2.56. The number of carbonyl (C=O) groups excluding carboxylic acids is 3. The van der Waals surface area contributed by atoms with Crippen molar-refractivity contribution >= 4 is 52.2 Å². The Morgan fingerprint density at radius 3 is 2.18 bits per heavy atom. The van der Waals surface area contributed by atoms with Crippen LogP contribution in [0.4, 0.5) is 11.4 Å². The van der Waals surface area contributed by atoms with Crippen LogP contribution in [0.1, 0.15) is 48.3 Å². The van der Waals surface area contributed by atoms with Gasteiger partial charge < -0.3 is 10.1 Å². The number of anilines is 2. The van der Waals surface area contributed by atoms with Gasteiger partial charge in [-0.1, -0.05) is 85.8 Å². The van der Waals surface area contributed by atoms with Gasteiger partial charge in [-0.15, -0.1) is 0 Å². The monoisotopic (exact) mass is 627 g/mol. The van der Waals surface area contributed by atoms with E-state index in [1.54, 1.807) is 43.5 Å². The highest BCUT2D eigenvalue weighted by Crippen LogP contribution is 2.54. The molecule has 2 unspecified atom stereocenters. The number of amides is 3. The molecule has 0 bridgehead atoms. The molecule has 0 aliphatic carbocycles. The zero-order chi connectivity index (χ0) is 31.3. The van der Waals surface area contributed by atoms with Crippen LogP contribution in [0.5, 0.6) is 5.75 Å². The number of fused-ring (bicyclic) bond motifs is 2. The molecule has 0 spiro atoms. The number of rotatable bonds is 6. The molecule has 10 heteroatoms. The molecule has 3 atom stereocenters. The van der Waals surface area contributed by atoms with E-state index in [0.29, 0.717) is 27.0 Å². The summed E-state index contributed by atoms with van der Waals surface area (Å²) in [7, 11) is 1.57. The second-order valence-corrected chi connectivity index (χ2v) is 14.3. The van der Waals surface area contributed by atoms with Crippen LogP contribution < -0.4 is 19.8 Å². The Morgan fingerprint density at radius 2 is 1.57 bits per heavy atom. The zero-order valence-electron chi connectivity index (χ0n) is 25.1. The van der Waals surface area contributed by atoms with Gasteiger partial charge >= 0.3 is 4.87 Å². The van der Waals surface area contributed by atoms with Gasteiger partial charge in [-0.2, -0.15) is 0 Å². The van der Waals surface area contributed by atoms with E-state index < -0.39 is 17.1 Å². The first-order valence-corrected chi connectivity index (χ1v) is 16.0. The first-order chi connectivity index (χ1) is 21.0. The van der Waals surface area contributed by atoms with Gasteiger partial charge in [-0.05, 0) is 59.9 Å². The minimum atomic E-state index is -0.742. The van der Waals surface area contributed by atoms with Crippen LogP contribution in [0, 0.1) is 12.8 Å². The van der Waals surface area contributed by atoms with E-state index in [1.807, 2.05) is 43.3 Å². The lowest BCUT2D eigenvalue weighted by Gasteiger charge is -2.31. The lowest BCUT2D eigenvalue weighted by molar-refractivity contribution is -0.122. The Hall–Kier alpha value is -4.15. The Kier molecular flexibility index (Phi) is 7.75. The molecule has 2 aliphatic rings. The summed E-state index contributed by atoms with van der Waals surface area (Å²) in [6.07, 6.45) is 0. The first-order valence-electron chi connectivity index (χ1n) is 14.4. The normalized spacial score (nSPS) is 19.5. The summed E-state index contributed by atoms with van der Waals surface area (Å²) in [5.74, 6) is -1.52. The third kappa shape index (κ3) is 5.37. The number of benzene rings is 3. The molecule has 44 heavy (non-hydrogen) atoms. The fourth-order valence-electron chi connectivity index (χ4n) is 5.77. The van der Waals surface area contributed by atoms with Crippen LogP contribution in [0.3, 0.4) is 0 Å². The summed E-state index contributed by atoms with van der Waals surface area (Å²) >= 11 is 2.25. The smallest absolute Gasteiger partial charge is 0.308 e. The Labute approximate surface area is 264 Å². The minimum absolute atomic E-state index is 0.0680. The third-order valence-electron chi connectivity index (χ3n) is 8.15. The number of methoxy groups -OCH3 is 1. The van der Waals surface area contributed by atoms with Crippen LogP contribution >= 0.6 is 23.1 Å². The van der Waals surface area contributed by atoms with Crippen molar-refractivity contribution in [1.82, 2.24) is 4.57 Å². The molecule has 0 radical (unpaired) electrons. The maximum atomic E-state index is 14.1. The second-order valence-electron chi connectivity index (χ2n) is 12.2. The predicted octanol–water partition coefficient (Wildman–Crippen LogP) is 5.96. The van der Waals surface area contributed by atoms with Crippen LogP contribution in [0.25, 0.3) is 0 Å². The summed E-state index contributed by atoms with van der Waals surface area (Å²) in [6.45, 7) is 8.13. The van der Waals surface area contributed by atoms with E-state index in [0.717, 1.165) is 28.0 Å². The number of thioether (sulfide) groups is 1. The van der Waals surface area contributed by atoms with Crippen molar-refractivity contribution in [3.05, 3.63) is 104 Å². The van der Waals surface area contributed by atoms with Crippen molar-refractivity contribution < 1.29 is 19.1 Å². The van der Waals surface area contributed by atoms with Gasteiger partial charge in [-0.3, -0.25) is 23.7 Å². The Morgan fingerprint density at radius 1 is 0.909 bits per heavy atom. The molecule has 3 amide bonds. The minimum Gasteiger partial charge on any atom is -0.497 e. The number of nitrogens with one attached hydrogen (secondary N) is 1. The second kappa shape index (κ2) is 11.4. The van der Waals surface area contributed by atoms with Crippen molar-refractivity contribution in [1.29, 1.82) is 0 Å². The Bertz CT molecular complexity index is 1800. The van der Waals surface area contributed by atoms with Gasteiger partial charge in [0.15, 0.2) is 0 Å². The van der Waals surface area contributed by atoms with Gasteiger partial charge in [0.2, 0.25) is 17.7 Å². The maximum Gasteiger partial charge on any atom is 0.308 e. The summed E-state index contributed by atoms with van der Waals surface area (Å²) < 4.78 is 6.62. The topological polar surface area (TPSA) is 97.7 Å². The van der Waals surface area contributed by atoms with Crippen LogP contribution in [0.2, 0.25) is 0 Å². The van der Waals surface area contributed by atoms with E-state index in [4.69, 9.17) is 4.74 Å². The first kappa shape index (κ1) is 29.9. The number of hydrogen-bond donors (Lipinski definition) is 1. The standard InChI is InChI=1S/C34H33N3O5S2/c1-19-6-14-23(15-7-19)37-30(39)27-26(20-8-10-21(11-9-20)34(2,3)4)29-32(43-28(27)31(37)40)36(33(41)44-29)18-25(38)35-22-12-16-24(42-5)17-13-22/h6-17,26-28H,18H2,1-5H3,(H,35,38)/t26-,27?,28?/m0/s1. The number of imide groups is 1. The molecule has 0 saturated carbocycles. The number of nitrogens with zero attached hydrogens (tertiary/aromatic N) is 2. The number of carbonyl (C=O) groups is 3. The number of hydrogen-bond acceptors (Lipinski definition) is 7. The van der Waals surface area contributed by atoms with Crippen molar-refractivity contribution in [3.63, 3.8) is 0 Å². The van der Waals surface area contributed by atoms with Crippen LogP contribution in [-0.4, -0.2) is 34.6 Å².